The molecule has 33 heavy (non-hydrogen) atoms. The Morgan fingerprint density at radius 3 is 2.52 bits per heavy atom. The highest BCUT2D eigenvalue weighted by Crippen LogP contribution is 2.23. The van der Waals surface area contributed by atoms with E-state index in [1.54, 1.807) is 30.5 Å². The van der Waals surface area contributed by atoms with E-state index in [-0.39, 0.29) is 17.3 Å². The smallest absolute Gasteiger partial charge is 0.293 e. The van der Waals surface area contributed by atoms with E-state index in [1.165, 1.54) is 23.5 Å². The predicted molar refractivity (Wildman–Crippen MR) is 125 cm³/mol. The van der Waals surface area contributed by atoms with E-state index in [4.69, 9.17) is 14.3 Å². The summed E-state index contributed by atoms with van der Waals surface area (Å²) >= 11 is 1.32. The third-order valence-corrected chi connectivity index (χ3v) is 6.53. The standard InChI is InChI=1S/C23H21N3O5S2/c1-15-2-6-17(7-3-15)30-14-18-8-11-21(31-18)22(27)26-23-25-13-19(32-23)12-16-4-9-20(10-5-16)33(24,28)29/h2-11,13H,12,14H2,1H3,(H2,24,28,29)(H,25,26,27). The van der Waals surface area contributed by atoms with Gasteiger partial charge in [-0.25, -0.2) is 18.5 Å². The Morgan fingerprint density at radius 1 is 1.09 bits per heavy atom. The van der Waals surface area contributed by atoms with E-state index in [0.717, 1.165) is 21.8 Å². The number of furan rings is 1. The maximum Gasteiger partial charge on any atom is 0.293 e. The summed E-state index contributed by atoms with van der Waals surface area (Å²) in [4.78, 5) is 17.7. The number of ether oxygens (including phenoxy) is 1. The van der Waals surface area contributed by atoms with E-state index in [1.807, 2.05) is 31.2 Å². The molecule has 0 saturated carbocycles. The molecular formula is C23H21N3O5S2. The minimum atomic E-state index is -3.72. The Labute approximate surface area is 195 Å². The summed E-state index contributed by atoms with van der Waals surface area (Å²) in [7, 11) is -3.72. The van der Waals surface area contributed by atoms with Gasteiger partial charge in [0, 0.05) is 17.5 Å². The maximum atomic E-state index is 12.5. The van der Waals surface area contributed by atoms with Crippen molar-refractivity contribution in [3.05, 3.63) is 94.4 Å². The van der Waals surface area contributed by atoms with E-state index in [0.29, 0.717) is 17.3 Å². The molecule has 0 aliphatic rings. The molecule has 4 rings (SSSR count). The number of hydrogen-bond acceptors (Lipinski definition) is 7. The number of aromatic nitrogens is 1. The number of hydrogen-bond donors (Lipinski definition) is 2. The minimum Gasteiger partial charge on any atom is -0.486 e. The molecule has 2 heterocycles. The van der Waals surface area contributed by atoms with Crippen molar-refractivity contribution in [1.82, 2.24) is 4.98 Å². The van der Waals surface area contributed by atoms with Crippen LogP contribution in [0.2, 0.25) is 0 Å². The molecule has 0 spiro atoms. The number of amides is 1. The summed E-state index contributed by atoms with van der Waals surface area (Å²) in [5.74, 6) is 1.00. The SMILES string of the molecule is Cc1ccc(OCc2ccc(C(=O)Nc3ncc(Cc4ccc(S(N)(=O)=O)cc4)s3)o2)cc1. The Hall–Kier alpha value is -3.47. The maximum absolute atomic E-state index is 12.5. The molecule has 8 nitrogen and oxygen atoms in total. The molecule has 3 N–H and O–H groups in total. The highest BCUT2D eigenvalue weighted by Gasteiger charge is 2.14. The number of aryl methyl sites for hydroxylation is 1. The van der Waals surface area contributed by atoms with Gasteiger partial charge in [-0.2, -0.15) is 0 Å². The molecule has 2 aromatic carbocycles. The quantitative estimate of drug-likeness (QED) is 0.389. The van der Waals surface area contributed by atoms with Gasteiger partial charge < -0.3 is 9.15 Å². The second-order valence-corrected chi connectivity index (χ2v) is 10.00. The van der Waals surface area contributed by atoms with Crippen LogP contribution in [-0.4, -0.2) is 19.3 Å². The van der Waals surface area contributed by atoms with Crippen molar-refractivity contribution >= 4 is 32.4 Å². The normalized spacial score (nSPS) is 11.3. The number of rotatable bonds is 8. The van der Waals surface area contributed by atoms with Crippen molar-refractivity contribution in [2.45, 2.75) is 24.8 Å². The van der Waals surface area contributed by atoms with Crippen LogP contribution in [-0.2, 0) is 23.1 Å². The van der Waals surface area contributed by atoms with Crippen molar-refractivity contribution < 1.29 is 22.4 Å². The lowest BCUT2D eigenvalue weighted by atomic mass is 10.1. The summed E-state index contributed by atoms with van der Waals surface area (Å²) in [6, 6.07) is 17.3. The first kappa shape index (κ1) is 22.7. The van der Waals surface area contributed by atoms with Crippen LogP contribution < -0.4 is 15.2 Å². The van der Waals surface area contributed by atoms with Crippen LogP contribution in [0.1, 0.15) is 32.3 Å². The van der Waals surface area contributed by atoms with Crippen molar-refractivity contribution in [2.75, 3.05) is 5.32 Å². The molecule has 4 aromatic rings. The van der Waals surface area contributed by atoms with Gasteiger partial charge in [0.25, 0.3) is 5.91 Å². The number of carbonyl (C=O) groups is 1. The molecule has 0 radical (unpaired) electrons. The highest BCUT2D eigenvalue weighted by molar-refractivity contribution is 7.89. The molecule has 0 bridgehead atoms. The summed E-state index contributed by atoms with van der Waals surface area (Å²) < 4.78 is 34.0. The lowest BCUT2D eigenvalue weighted by molar-refractivity contribution is 0.0992. The van der Waals surface area contributed by atoms with Crippen LogP contribution in [0.15, 0.2) is 76.2 Å². The van der Waals surface area contributed by atoms with E-state index in [2.05, 4.69) is 10.3 Å². The highest BCUT2D eigenvalue weighted by atomic mass is 32.2. The Balaban J connectivity index is 1.32. The number of carbonyl (C=O) groups excluding carboxylic acids is 1. The lowest BCUT2D eigenvalue weighted by Gasteiger charge is -2.04. The van der Waals surface area contributed by atoms with Crippen LogP contribution in [0.5, 0.6) is 5.75 Å². The van der Waals surface area contributed by atoms with Gasteiger partial charge >= 0.3 is 0 Å². The lowest BCUT2D eigenvalue weighted by Crippen LogP contribution is -2.11. The minimum absolute atomic E-state index is 0.0607. The van der Waals surface area contributed by atoms with Crippen LogP contribution in [0.3, 0.4) is 0 Å². The fraction of sp³-hybridized carbons (Fsp3) is 0.130. The summed E-state index contributed by atoms with van der Waals surface area (Å²) in [6.07, 6.45) is 2.20. The number of sulfonamides is 1. The monoisotopic (exact) mass is 483 g/mol. The van der Waals surface area contributed by atoms with Crippen LogP contribution >= 0.6 is 11.3 Å². The third-order valence-electron chi connectivity index (χ3n) is 4.69. The Bertz CT molecular complexity index is 1360. The van der Waals surface area contributed by atoms with E-state index in [9.17, 15) is 13.2 Å². The first-order valence-corrected chi connectivity index (χ1v) is 12.3. The molecule has 0 aliphatic heterocycles. The zero-order valence-corrected chi connectivity index (χ0v) is 19.3. The predicted octanol–water partition coefficient (Wildman–Crippen LogP) is 4.11. The molecule has 0 aliphatic carbocycles. The van der Waals surface area contributed by atoms with Gasteiger partial charge in [0.15, 0.2) is 10.9 Å². The number of anilines is 1. The zero-order chi connectivity index (χ0) is 23.4. The third kappa shape index (κ3) is 6.07. The number of primary sulfonamides is 1. The van der Waals surface area contributed by atoms with Gasteiger partial charge in [0.05, 0.1) is 4.90 Å². The number of thiazole rings is 1. The molecule has 0 atom stereocenters. The average molecular weight is 484 g/mol. The van der Waals surface area contributed by atoms with Crippen LogP contribution in [0.25, 0.3) is 0 Å². The summed E-state index contributed by atoms with van der Waals surface area (Å²) in [6.45, 7) is 2.21. The molecule has 1 amide bonds. The zero-order valence-electron chi connectivity index (χ0n) is 17.6. The van der Waals surface area contributed by atoms with Crippen molar-refractivity contribution in [3.8, 4) is 5.75 Å². The molecular weight excluding hydrogens is 462 g/mol. The van der Waals surface area contributed by atoms with E-state index >= 15 is 0 Å². The molecule has 0 saturated heterocycles. The fourth-order valence-electron chi connectivity index (χ4n) is 2.97. The molecule has 0 unspecified atom stereocenters. The molecule has 10 heteroatoms. The first-order valence-electron chi connectivity index (χ1n) is 9.92. The largest absolute Gasteiger partial charge is 0.486 e. The second-order valence-electron chi connectivity index (χ2n) is 7.32. The molecule has 2 aromatic heterocycles. The Morgan fingerprint density at radius 2 is 1.82 bits per heavy atom. The van der Waals surface area contributed by atoms with Gasteiger partial charge in [0.1, 0.15) is 18.1 Å². The summed E-state index contributed by atoms with van der Waals surface area (Å²) in [5.41, 5.74) is 2.04. The van der Waals surface area contributed by atoms with Crippen LogP contribution in [0, 0.1) is 6.92 Å². The van der Waals surface area contributed by atoms with E-state index < -0.39 is 15.9 Å². The summed E-state index contributed by atoms with van der Waals surface area (Å²) in [5, 5.41) is 8.28. The van der Waals surface area contributed by atoms with Gasteiger partial charge in [-0.1, -0.05) is 29.8 Å². The second kappa shape index (κ2) is 9.57. The first-order chi connectivity index (χ1) is 15.8. The van der Waals surface area contributed by atoms with Gasteiger partial charge in [-0.15, -0.1) is 11.3 Å². The molecule has 0 fully saturated rings. The van der Waals surface area contributed by atoms with Gasteiger partial charge in [0.2, 0.25) is 10.0 Å². The fourth-order valence-corrected chi connectivity index (χ4v) is 4.33. The number of nitrogens with zero attached hydrogens (tertiary/aromatic N) is 1. The Kier molecular flexibility index (Phi) is 6.59. The number of nitrogens with one attached hydrogen (secondary N) is 1. The van der Waals surface area contributed by atoms with Crippen LogP contribution in [0.4, 0.5) is 5.13 Å². The van der Waals surface area contributed by atoms with Crippen molar-refractivity contribution in [3.63, 3.8) is 0 Å². The topological polar surface area (TPSA) is 125 Å². The average Bonchev–Trinajstić information content (AvgIpc) is 3.43. The van der Waals surface area contributed by atoms with Gasteiger partial charge in [-0.05, 0) is 48.9 Å². The van der Waals surface area contributed by atoms with Gasteiger partial charge in [-0.3, -0.25) is 10.1 Å². The number of benzene rings is 2. The number of nitrogens with two attached hydrogens (primary N) is 1. The molecule has 170 valence electrons. The van der Waals surface area contributed by atoms with Crippen molar-refractivity contribution in [2.24, 2.45) is 5.14 Å². The van der Waals surface area contributed by atoms with Crippen molar-refractivity contribution in [1.29, 1.82) is 0 Å².